The third-order valence-electron chi connectivity index (χ3n) is 4.38. The Labute approximate surface area is 129 Å². The summed E-state index contributed by atoms with van der Waals surface area (Å²) in [5, 5.41) is 0. The smallest absolute Gasteiger partial charge is 0.0593 e. The lowest BCUT2D eigenvalue weighted by Gasteiger charge is -2.36. The molecule has 2 atom stereocenters. The molecule has 2 unspecified atom stereocenters. The van der Waals surface area contributed by atoms with Crippen LogP contribution in [0.4, 0.5) is 0 Å². The van der Waals surface area contributed by atoms with Crippen molar-refractivity contribution in [2.45, 2.75) is 38.8 Å². The molecule has 0 aromatic heterocycles. The molecule has 21 heavy (non-hydrogen) atoms. The number of likely N-dealkylation sites (N-methyl/N-ethyl adjacent to an activating group) is 1. The summed E-state index contributed by atoms with van der Waals surface area (Å²) in [6.07, 6.45) is 2.70. The molecule has 1 aliphatic carbocycles. The van der Waals surface area contributed by atoms with E-state index >= 15 is 0 Å². The van der Waals surface area contributed by atoms with E-state index in [9.17, 15) is 0 Å². The molecular formula is C18H30N2O. The molecule has 118 valence electrons. The molecule has 3 nitrogen and oxygen atoms in total. The largest absolute Gasteiger partial charge is 0.380 e. The van der Waals surface area contributed by atoms with Gasteiger partial charge in [0.05, 0.1) is 6.61 Å². The molecule has 0 bridgehead atoms. The summed E-state index contributed by atoms with van der Waals surface area (Å²) >= 11 is 0. The molecule has 1 aromatic rings. The highest BCUT2D eigenvalue weighted by molar-refractivity contribution is 5.20. The minimum atomic E-state index is 0.0413. The van der Waals surface area contributed by atoms with Crippen LogP contribution < -0.4 is 5.73 Å². The van der Waals surface area contributed by atoms with Crippen molar-refractivity contribution in [2.24, 2.45) is 17.6 Å². The lowest BCUT2D eigenvalue weighted by atomic mass is 9.90. The van der Waals surface area contributed by atoms with Crippen LogP contribution in [-0.4, -0.2) is 37.7 Å². The number of nitrogens with zero attached hydrogens (tertiary/aromatic N) is 1. The Kier molecular flexibility index (Phi) is 6.22. The molecule has 2 rings (SSSR count). The molecule has 0 saturated heterocycles. The molecular weight excluding hydrogens is 260 g/mol. The van der Waals surface area contributed by atoms with Gasteiger partial charge < -0.3 is 10.5 Å². The first-order valence-electron chi connectivity index (χ1n) is 8.18. The molecule has 0 amide bonds. The zero-order valence-corrected chi connectivity index (χ0v) is 13.7. The molecule has 1 saturated carbocycles. The Bertz CT molecular complexity index is 403. The summed E-state index contributed by atoms with van der Waals surface area (Å²) in [6.45, 7) is 7.17. The summed E-state index contributed by atoms with van der Waals surface area (Å²) in [7, 11) is 2.16. The highest BCUT2D eigenvalue weighted by atomic mass is 16.5. The molecule has 1 aromatic carbocycles. The van der Waals surface area contributed by atoms with Gasteiger partial charge in [0, 0.05) is 25.2 Å². The average Bonchev–Trinajstić information content (AvgIpc) is 3.28. The van der Waals surface area contributed by atoms with Crippen molar-refractivity contribution in [3.8, 4) is 0 Å². The van der Waals surface area contributed by atoms with Crippen LogP contribution in [0.2, 0.25) is 0 Å². The van der Waals surface area contributed by atoms with Crippen molar-refractivity contribution in [1.82, 2.24) is 4.90 Å². The van der Waals surface area contributed by atoms with Crippen LogP contribution >= 0.6 is 0 Å². The fourth-order valence-electron chi connectivity index (χ4n) is 2.96. The van der Waals surface area contributed by atoms with Crippen molar-refractivity contribution in [2.75, 3.05) is 26.8 Å². The molecule has 0 radical (unpaired) electrons. The molecule has 2 N–H and O–H groups in total. The van der Waals surface area contributed by atoms with E-state index in [2.05, 4.69) is 50.1 Å². The van der Waals surface area contributed by atoms with Gasteiger partial charge in [-0.1, -0.05) is 44.2 Å². The monoisotopic (exact) mass is 290 g/mol. The molecule has 0 heterocycles. The summed E-state index contributed by atoms with van der Waals surface area (Å²) in [5.41, 5.74) is 7.73. The van der Waals surface area contributed by atoms with Gasteiger partial charge in [-0.05, 0) is 37.3 Å². The molecule has 3 heteroatoms. The van der Waals surface area contributed by atoms with E-state index in [0.29, 0.717) is 12.0 Å². The standard InChI is InChI=1S/C18H30N2O/c1-14(2)18(17(19)16-7-5-4-6-8-16)20(3)11-12-21-13-15-9-10-15/h4-8,14-15,17-18H,9-13,19H2,1-3H3. The van der Waals surface area contributed by atoms with Crippen molar-refractivity contribution in [3.05, 3.63) is 35.9 Å². The average molecular weight is 290 g/mol. The van der Waals surface area contributed by atoms with Crippen LogP contribution in [0.3, 0.4) is 0 Å². The summed E-state index contributed by atoms with van der Waals surface area (Å²) in [5.74, 6) is 1.34. The van der Waals surface area contributed by atoms with Gasteiger partial charge in [0.1, 0.15) is 0 Å². The maximum absolute atomic E-state index is 6.52. The van der Waals surface area contributed by atoms with Gasteiger partial charge in [0.25, 0.3) is 0 Å². The maximum Gasteiger partial charge on any atom is 0.0593 e. The Morgan fingerprint density at radius 1 is 1.24 bits per heavy atom. The maximum atomic E-state index is 6.52. The Hall–Kier alpha value is -0.900. The number of rotatable bonds is 9. The topological polar surface area (TPSA) is 38.5 Å². The number of hydrogen-bond acceptors (Lipinski definition) is 3. The van der Waals surface area contributed by atoms with Crippen LogP contribution in [0.15, 0.2) is 30.3 Å². The highest BCUT2D eigenvalue weighted by Crippen LogP contribution is 2.29. The molecule has 0 aliphatic heterocycles. The first-order chi connectivity index (χ1) is 10.1. The minimum Gasteiger partial charge on any atom is -0.380 e. The van der Waals surface area contributed by atoms with Crippen LogP contribution in [0.5, 0.6) is 0 Å². The van der Waals surface area contributed by atoms with Crippen molar-refractivity contribution in [1.29, 1.82) is 0 Å². The predicted molar refractivity (Wildman–Crippen MR) is 88.2 cm³/mol. The Balaban J connectivity index is 1.87. The van der Waals surface area contributed by atoms with Crippen molar-refractivity contribution < 1.29 is 4.74 Å². The number of nitrogens with two attached hydrogens (primary N) is 1. The second-order valence-corrected chi connectivity index (χ2v) is 6.67. The lowest BCUT2D eigenvalue weighted by molar-refractivity contribution is 0.0758. The zero-order chi connectivity index (χ0) is 15.2. The van der Waals surface area contributed by atoms with Crippen LogP contribution in [-0.2, 0) is 4.74 Å². The van der Waals surface area contributed by atoms with Gasteiger partial charge in [-0.15, -0.1) is 0 Å². The molecule has 1 aliphatic rings. The Morgan fingerprint density at radius 3 is 2.48 bits per heavy atom. The van der Waals surface area contributed by atoms with E-state index < -0.39 is 0 Å². The molecule has 1 fully saturated rings. The predicted octanol–water partition coefficient (Wildman–Crippen LogP) is 3.07. The summed E-state index contributed by atoms with van der Waals surface area (Å²) < 4.78 is 5.76. The van der Waals surface area contributed by atoms with E-state index in [1.54, 1.807) is 0 Å². The fraction of sp³-hybridized carbons (Fsp3) is 0.667. The van der Waals surface area contributed by atoms with E-state index in [1.165, 1.54) is 18.4 Å². The van der Waals surface area contributed by atoms with E-state index in [4.69, 9.17) is 10.5 Å². The van der Waals surface area contributed by atoms with Gasteiger partial charge in [-0.3, -0.25) is 4.90 Å². The van der Waals surface area contributed by atoms with Crippen molar-refractivity contribution >= 4 is 0 Å². The van der Waals surface area contributed by atoms with E-state index in [0.717, 1.165) is 25.7 Å². The second kappa shape index (κ2) is 7.92. The minimum absolute atomic E-state index is 0.0413. The van der Waals surface area contributed by atoms with Crippen molar-refractivity contribution in [3.63, 3.8) is 0 Å². The van der Waals surface area contributed by atoms with Crippen LogP contribution in [0, 0.1) is 11.8 Å². The number of ether oxygens (including phenoxy) is 1. The number of hydrogen-bond donors (Lipinski definition) is 1. The summed E-state index contributed by atoms with van der Waals surface area (Å²) in [4.78, 5) is 2.36. The van der Waals surface area contributed by atoms with Crippen LogP contribution in [0.25, 0.3) is 0 Å². The van der Waals surface area contributed by atoms with Gasteiger partial charge in [-0.25, -0.2) is 0 Å². The summed E-state index contributed by atoms with van der Waals surface area (Å²) in [6, 6.07) is 10.8. The van der Waals surface area contributed by atoms with E-state index in [-0.39, 0.29) is 6.04 Å². The van der Waals surface area contributed by atoms with Gasteiger partial charge in [-0.2, -0.15) is 0 Å². The third kappa shape index (κ3) is 5.10. The zero-order valence-electron chi connectivity index (χ0n) is 13.7. The van der Waals surface area contributed by atoms with E-state index in [1.807, 2.05) is 6.07 Å². The highest BCUT2D eigenvalue weighted by Gasteiger charge is 2.27. The van der Waals surface area contributed by atoms with Crippen LogP contribution in [0.1, 0.15) is 38.3 Å². The molecule has 0 spiro atoms. The van der Waals surface area contributed by atoms with Gasteiger partial charge in [0.15, 0.2) is 0 Å². The quantitative estimate of drug-likeness (QED) is 0.710. The number of benzene rings is 1. The first-order valence-corrected chi connectivity index (χ1v) is 8.18. The Morgan fingerprint density at radius 2 is 1.90 bits per heavy atom. The first kappa shape index (κ1) is 16.5. The fourth-order valence-corrected chi connectivity index (χ4v) is 2.96. The lowest BCUT2D eigenvalue weighted by Crippen LogP contribution is -2.45. The second-order valence-electron chi connectivity index (χ2n) is 6.67. The normalized spacial score (nSPS) is 18.2. The van der Waals surface area contributed by atoms with Gasteiger partial charge >= 0.3 is 0 Å². The van der Waals surface area contributed by atoms with Gasteiger partial charge in [0.2, 0.25) is 0 Å². The SMILES string of the molecule is CC(C)C(C(N)c1ccccc1)N(C)CCOCC1CC1. The third-order valence-corrected chi connectivity index (χ3v) is 4.38.